The molecule has 0 radical (unpaired) electrons. The van der Waals surface area contributed by atoms with Crippen LogP contribution in [0.25, 0.3) is 0 Å². The summed E-state index contributed by atoms with van der Waals surface area (Å²) in [5.74, 6) is 0.674. The minimum atomic E-state index is -0.257. The van der Waals surface area contributed by atoms with E-state index in [-0.39, 0.29) is 11.3 Å². The van der Waals surface area contributed by atoms with E-state index in [1.54, 1.807) is 47.2 Å². The van der Waals surface area contributed by atoms with Crippen molar-refractivity contribution in [1.82, 2.24) is 9.78 Å². The van der Waals surface area contributed by atoms with Crippen molar-refractivity contribution >= 4 is 5.69 Å². The first-order valence-corrected chi connectivity index (χ1v) is 7.11. The van der Waals surface area contributed by atoms with E-state index in [4.69, 9.17) is 20.5 Å². The van der Waals surface area contributed by atoms with Crippen LogP contribution >= 0.6 is 0 Å². The van der Waals surface area contributed by atoms with Crippen molar-refractivity contribution in [3.05, 3.63) is 53.5 Å². The van der Waals surface area contributed by atoms with Crippen LogP contribution in [-0.2, 0) is 6.54 Å². The molecule has 1 N–H and O–H groups in total. The van der Waals surface area contributed by atoms with Gasteiger partial charge in [-0.05, 0) is 37.3 Å². The molecule has 1 aromatic heterocycles. The number of ether oxygens (including phenoxy) is 1. The number of rotatable bonds is 6. The third-order valence-corrected chi connectivity index (χ3v) is 3.07. The molecule has 0 aliphatic heterocycles. The standard InChI is InChI=1S/C17H14N6O/c1-13-6-7-23(22-13)8-9-24-16-4-2-15(3-5-16)21-17(12-20)14(10-18)11-19/h2-7,21H,8-9H2,1H3. The van der Waals surface area contributed by atoms with Crippen molar-refractivity contribution in [3.63, 3.8) is 0 Å². The molecule has 7 nitrogen and oxygen atoms in total. The van der Waals surface area contributed by atoms with Crippen molar-refractivity contribution < 1.29 is 4.74 Å². The Morgan fingerprint density at radius 1 is 1.12 bits per heavy atom. The zero-order valence-corrected chi connectivity index (χ0v) is 13.0. The van der Waals surface area contributed by atoms with Gasteiger partial charge in [-0.2, -0.15) is 20.9 Å². The number of hydrogen-bond donors (Lipinski definition) is 1. The summed E-state index contributed by atoms with van der Waals surface area (Å²) in [6.45, 7) is 3.05. The highest BCUT2D eigenvalue weighted by Crippen LogP contribution is 2.18. The normalized spacial score (nSPS) is 9.25. The van der Waals surface area contributed by atoms with Crippen molar-refractivity contribution in [3.8, 4) is 24.0 Å². The molecule has 118 valence electrons. The Morgan fingerprint density at radius 3 is 2.38 bits per heavy atom. The quantitative estimate of drug-likeness (QED) is 0.819. The van der Waals surface area contributed by atoms with E-state index in [0.29, 0.717) is 24.6 Å². The average molecular weight is 318 g/mol. The van der Waals surface area contributed by atoms with E-state index >= 15 is 0 Å². The van der Waals surface area contributed by atoms with Crippen molar-refractivity contribution in [2.45, 2.75) is 13.5 Å². The molecular formula is C17H14N6O. The molecule has 24 heavy (non-hydrogen) atoms. The average Bonchev–Trinajstić information content (AvgIpc) is 3.01. The first-order chi connectivity index (χ1) is 11.7. The van der Waals surface area contributed by atoms with Gasteiger partial charge in [0.05, 0.1) is 12.2 Å². The highest BCUT2D eigenvalue weighted by Gasteiger charge is 2.06. The third-order valence-electron chi connectivity index (χ3n) is 3.07. The van der Waals surface area contributed by atoms with Gasteiger partial charge in [0.15, 0.2) is 5.57 Å². The van der Waals surface area contributed by atoms with Gasteiger partial charge < -0.3 is 10.1 Å². The highest BCUT2D eigenvalue weighted by molar-refractivity contribution is 5.58. The van der Waals surface area contributed by atoms with Crippen molar-refractivity contribution in [2.75, 3.05) is 11.9 Å². The lowest BCUT2D eigenvalue weighted by molar-refractivity contribution is 0.291. The maximum atomic E-state index is 9.00. The molecule has 7 heteroatoms. The zero-order valence-electron chi connectivity index (χ0n) is 13.0. The zero-order chi connectivity index (χ0) is 17.4. The molecule has 1 aromatic carbocycles. The van der Waals surface area contributed by atoms with Crippen molar-refractivity contribution in [2.24, 2.45) is 0 Å². The summed E-state index contributed by atoms with van der Waals surface area (Å²) in [5.41, 5.74) is 1.21. The largest absolute Gasteiger partial charge is 0.492 e. The van der Waals surface area contributed by atoms with Gasteiger partial charge in [0, 0.05) is 11.9 Å². The molecule has 0 fully saturated rings. The van der Waals surface area contributed by atoms with Crippen LogP contribution in [0.1, 0.15) is 5.69 Å². The summed E-state index contributed by atoms with van der Waals surface area (Å²) >= 11 is 0. The van der Waals surface area contributed by atoms with Gasteiger partial charge in [0.25, 0.3) is 0 Å². The Bertz CT molecular complexity index is 842. The van der Waals surface area contributed by atoms with Crippen LogP contribution < -0.4 is 10.1 Å². The fourth-order valence-corrected chi connectivity index (χ4v) is 1.91. The SMILES string of the molecule is Cc1ccn(CCOc2ccc(NC(C#N)=C(C#N)C#N)cc2)n1. The number of nitrogens with zero attached hydrogens (tertiary/aromatic N) is 5. The van der Waals surface area contributed by atoms with Crippen LogP contribution in [0.15, 0.2) is 47.8 Å². The fraction of sp³-hybridized carbons (Fsp3) is 0.176. The van der Waals surface area contributed by atoms with Crippen LogP contribution in [-0.4, -0.2) is 16.4 Å². The maximum Gasteiger partial charge on any atom is 0.163 e. The molecule has 0 spiro atoms. The van der Waals surface area contributed by atoms with E-state index in [1.807, 2.05) is 19.2 Å². The second-order valence-electron chi connectivity index (χ2n) is 4.80. The second-order valence-corrected chi connectivity index (χ2v) is 4.80. The van der Waals surface area contributed by atoms with Gasteiger partial charge >= 0.3 is 0 Å². The Morgan fingerprint density at radius 2 is 1.83 bits per heavy atom. The molecule has 2 aromatic rings. The summed E-state index contributed by atoms with van der Waals surface area (Å²) < 4.78 is 7.43. The Kier molecular flexibility index (Phi) is 5.55. The summed E-state index contributed by atoms with van der Waals surface area (Å²) in [7, 11) is 0. The summed E-state index contributed by atoms with van der Waals surface area (Å²) in [5, 5.41) is 33.6. The number of nitriles is 3. The number of nitrogens with one attached hydrogen (secondary N) is 1. The van der Waals surface area contributed by atoms with E-state index in [1.165, 1.54) is 0 Å². The molecule has 0 bridgehead atoms. The second kappa shape index (κ2) is 8.03. The molecular weight excluding hydrogens is 304 g/mol. The molecule has 0 aliphatic rings. The number of hydrogen-bond acceptors (Lipinski definition) is 6. The number of benzene rings is 1. The van der Waals surface area contributed by atoms with E-state index in [0.717, 1.165) is 5.69 Å². The molecule has 0 saturated carbocycles. The number of aromatic nitrogens is 2. The van der Waals surface area contributed by atoms with Gasteiger partial charge in [-0.3, -0.25) is 4.68 Å². The van der Waals surface area contributed by atoms with E-state index < -0.39 is 0 Å². The van der Waals surface area contributed by atoms with E-state index in [2.05, 4.69) is 10.4 Å². The van der Waals surface area contributed by atoms with Crippen LogP contribution in [0.5, 0.6) is 5.75 Å². The lowest BCUT2D eigenvalue weighted by Crippen LogP contribution is -2.08. The summed E-state index contributed by atoms with van der Waals surface area (Å²) in [6.07, 6.45) is 1.89. The number of anilines is 1. The van der Waals surface area contributed by atoms with Gasteiger partial charge in [0.2, 0.25) is 0 Å². The molecule has 0 unspecified atom stereocenters. The minimum Gasteiger partial charge on any atom is -0.492 e. The van der Waals surface area contributed by atoms with Gasteiger partial charge in [-0.25, -0.2) is 0 Å². The molecule has 2 rings (SSSR count). The monoisotopic (exact) mass is 318 g/mol. The number of aryl methyl sites for hydroxylation is 1. The van der Waals surface area contributed by atoms with Crippen LogP contribution in [0, 0.1) is 40.9 Å². The summed E-state index contributed by atoms with van der Waals surface area (Å²) in [6, 6.07) is 14.0. The molecule has 1 heterocycles. The Balaban J connectivity index is 1.93. The van der Waals surface area contributed by atoms with Crippen LogP contribution in [0.3, 0.4) is 0 Å². The van der Waals surface area contributed by atoms with Gasteiger partial charge in [-0.1, -0.05) is 0 Å². The van der Waals surface area contributed by atoms with E-state index in [9.17, 15) is 0 Å². The Labute approximate surface area is 139 Å². The molecule has 0 atom stereocenters. The van der Waals surface area contributed by atoms with Crippen LogP contribution in [0.4, 0.5) is 5.69 Å². The van der Waals surface area contributed by atoms with Crippen molar-refractivity contribution in [1.29, 1.82) is 15.8 Å². The number of allylic oxidation sites excluding steroid dienone is 2. The van der Waals surface area contributed by atoms with Gasteiger partial charge in [0.1, 0.15) is 36.3 Å². The molecule has 0 saturated heterocycles. The first-order valence-electron chi connectivity index (χ1n) is 7.11. The maximum absolute atomic E-state index is 9.00. The first kappa shape index (κ1) is 16.6. The summed E-state index contributed by atoms with van der Waals surface area (Å²) in [4.78, 5) is 0. The predicted octanol–water partition coefficient (Wildman–Crippen LogP) is 2.51. The minimum absolute atomic E-state index is 0.0808. The highest BCUT2D eigenvalue weighted by atomic mass is 16.5. The smallest absolute Gasteiger partial charge is 0.163 e. The Hall–Kier alpha value is -3.76. The lowest BCUT2D eigenvalue weighted by Gasteiger charge is -2.08. The van der Waals surface area contributed by atoms with Gasteiger partial charge in [-0.15, -0.1) is 0 Å². The molecule has 0 aliphatic carbocycles. The predicted molar refractivity (Wildman–Crippen MR) is 86.4 cm³/mol. The topological polar surface area (TPSA) is 110 Å². The third kappa shape index (κ3) is 4.37. The lowest BCUT2D eigenvalue weighted by atomic mass is 10.2. The van der Waals surface area contributed by atoms with Crippen LogP contribution in [0.2, 0.25) is 0 Å². The molecule has 0 amide bonds. The fourth-order valence-electron chi connectivity index (χ4n) is 1.91.